The van der Waals surface area contributed by atoms with Crippen LogP contribution in [0.3, 0.4) is 0 Å². The third-order valence-corrected chi connectivity index (χ3v) is 4.27. The summed E-state index contributed by atoms with van der Waals surface area (Å²) in [6.07, 6.45) is 7.19. The number of aryl methyl sites for hydroxylation is 1. The normalized spacial score (nSPS) is 17.5. The van der Waals surface area contributed by atoms with E-state index in [-0.39, 0.29) is 11.9 Å². The number of rotatable bonds is 4. The Balaban J connectivity index is 1.86. The number of amides is 1. The van der Waals surface area contributed by atoms with Crippen LogP contribution in [-0.4, -0.2) is 51.3 Å². The standard InChI is InChI=1S/C18H23N5O/c1-13-15(6-4-8-20-13)18(24)23-9-5-7-17(23)16-11-19-10-14(21-16)12-22(2)3/h4,6,8,10-11,17H,5,7,9,12H2,1-3H3. The van der Waals surface area contributed by atoms with E-state index in [1.165, 1.54) is 0 Å². The first-order chi connectivity index (χ1) is 11.6. The third kappa shape index (κ3) is 3.43. The summed E-state index contributed by atoms with van der Waals surface area (Å²) in [6.45, 7) is 3.36. The molecule has 3 heterocycles. The molecule has 1 saturated heterocycles. The summed E-state index contributed by atoms with van der Waals surface area (Å²) < 4.78 is 0. The number of likely N-dealkylation sites (tertiary alicyclic amines) is 1. The Morgan fingerprint density at radius 3 is 2.96 bits per heavy atom. The Morgan fingerprint density at radius 2 is 2.21 bits per heavy atom. The topological polar surface area (TPSA) is 62.2 Å². The van der Waals surface area contributed by atoms with Crippen LogP contribution in [0.4, 0.5) is 0 Å². The van der Waals surface area contributed by atoms with Crippen LogP contribution in [0.1, 0.15) is 46.3 Å². The van der Waals surface area contributed by atoms with Crippen LogP contribution in [0.2, 0.25) is 0 Å². The van der Waals surface area contributed by atoms with Gasteiger partial charge in [-0.1, -0.05) is 0 Å². The minimum absolute atomic E-state index is 0.00767. The van der Waals surface area contributed by atoms with Gasteiger partial charge < -0.3 is 9.80 Å². The molecule has 0 spiro atoms. The summed E-state index contributed by atoms with van der Waals surface area (Å²) in [5, 5.41) is 0. The van der Waals surface area contributed by atoms with E-state index in [4.69, 9.17) is 4.98 Å². The van der Waals surface area contributed by atoms with Crippen molar-refractivity contribution in [2.45, 2.75) is 32.4 Å². The molecule has 6 heteroatoms. The molecule has 6 nitrogen and oxygen atoms in total. The summed E-state index contributed by atoms with van der Waals surface area (Å²) in [6, 6.07) is 3.64. The highest BCUT2D eigenvalue weighted by Crippen LogP contribution is 2.32. The van der Waals surface area contributed by atoms with Crippen LogP contribution in [0, 0.1) is 6.92 Å². The monoisotopic (exact) mass is 325 g/mol. The second-order valence-corrected chi connectivity index (χ2v) is 6.47. The van der Waals surface area contributed by atoms with Gasteiger partial charge in [-0.3, -0.25) is 19.7 Å². The van der Waals surface area contributed by atoms with Gasteiger partial charge in [-0.05, 0) is 46.0 Å². The molecule has 0 aromatic carbocycles. The Kier molecular flexibility index (Phi) is 4.85. The van der Waals surface area contributed by atoms with Gasteiger partial charge >= 0.3 is 0 Å². The first-order valence-corrected chi connectivity index (χ1v) is 8.24. The zero-order chi connectivity index (χ0) is 17.1. The van der Waals surface area contributed by atoms with Crippen LogP contribution in [-0.2, 0) is 6.54 Å². The number of carbonyl (C=O) groups is 1. The number of hydrogen-bond donors (Lipinski definition) is 0. The molecule has 2 aromatic heterocycles. The van der Waals surface area contributed by atoms with Crippen LogP contribution in [0.15, 0.2) is 30.7 Å². The Hall–Kier alpha value is -2.34. The van der Waals surface area contributed by atoms with Crippen LogP contribution in [0.25, 0.3) is 0 Å². The molecule has 0 radical (unpaired) electrons. The molecule has 1 atom stereocenters. The SMILES string of the molecule is Cc1ncccc1C(=O)N1CCCC1c1cncc(CN(C)C)n1. The van der Waals surface area contributed by atoms with Crippen LogP contribution in [0.5, 0.6) is 0 Å². The number of hydrogen-bond acceptors (Lipinski definition) is 5. The fourth-order valence-electron chi connectivity index (χ4n) is 3.17. The highest BCUT2D eigenvalue weighted by Gasteiger charge is 2.32. The predicted octanol–water partition coefficient (Wildman–Crippen LogP) is 2.22. The van der Waals surface area contributed by atoms with Gasteiger partial charge in [0.2, 0.25) is 0 Å². The van der Waals surface area contributed by atoms with E-state index in [2.05, 4.69) is 14.9 Å². The molecule has 0 bridgehead atoms. The van der Waals surface area contributed by atoms with Crippen LogP contribution >= 0.6 is 0 Å². The van der Waals surface area contributed by atoms with Gasteiger partial charge in [0.15, 0.2) is 0 Å². The number of aromatic nitrogens is 3. The lowest BCUT2D eigenvalue weighted by Crippen LogP contribution is -2.32. The summed E-state index contributed by atoms with van der Waals surface area (Å²) in [7, 11) is 4.01. The molecule has 1 amide bonds. The molecule has 3 rings (SSSR count). The van der Waals surface area contributed by atoms with Gasteiger partial charge in [0.05, 0.1) is 29.2 Å². The van der Waals surface area contributed by atoms with E-state index in [9.17, 15) is 4.79 Å². The average Bonchev–Trinajstić information content (AvgIpc) is 3.04. The largest absolute Gasteiger partial charge is 0.330 e. The molecule has 1 aliphatic heterocycles. The van der Waals surface area contributed by atoms with Crippen molar-refractivity contribution in [2.75, 3.05) is 20.6 Å². The molecular formula is C18H23N5O. The lowest BCUT2D eigenvalue weighted by Gasteiger charge is -2.25. The van der Waals surface area contributed by atoms with E-state index in [0.29, 0.717) is 5.56 Å². The lowest BCUT2D eigenvalue weighted by atomic mass is 10.1. The van der Waals surface area contributed by atoms with Crippen molar-refractivity contribution in [3.8, 4) is 0 Å². The first-order valence-electron chi connectivity index (χ1n) is 8.24. The third-order valence-electron chi connectivity index (χ3n) is 4.27. The van der Waals surface area contributed by atoms with Crippen molar-refractivity contribution < 1.29 is 4.79 Å². The van der Waals surface area contributed by atoms with E-state index in [1.807, 2.05) is 38.1 Å². The maximum Gasteiger partial charge on any atom is 0.256 e. The highest BCUT2D eigenvalue weighted by molar-refractivity contribution is 5.95. The minimum Gasteiger partial charge on any atom is -0.330 e. The molecule has 1 aliphatic rings. The number of carbonyl (C=O) groups excluding carboxylic acids is 1. The summed E-state index contributed by atoms with van der Waals surface area (Å²) in [4.78, 5) is 30.2. The van der Waals surface area contributed by atoms with Crippen molar-refractivity contribution in [3.63, 3.8) is 0 Å². The van der Waals surface area contributed by atoms with E-state index in [1.54, 1.807) is 18.6 Å². The zero-order valence-electron chi connectivity index (χ0n) is 14.4. The predicted molar refractivity (Wildman–Crippen MR) is 91.4 cm³/mol. The van der Waals surface area contributed by atoms with Gasteiger partial charge in [-0.25, -0.2) is 0 Å². The van der Waals surface area contributed by atoms with Crippen molar-refractivity contribution >= 4 is 5.91 Å². The quantitative estimate of drug-likeness (QED) is 0.862. The Morgan fingerprint density at radius 1 is 1.38 bits per heavy atom. The van der Waals surface area contributed by atoms with Crippen molar-refractivity contribution in [1.29, 1.82) is 0 Å². The summed E-state index contributed by atoms with van der Waals surface area (Å²) in [5.74, 6) is 0.0305. The van der Waals surface area contributed by atoms with Crippen molar-refractivity contribution in [1.82, 2.24) is 24.8 Å². The van der Waals surface area contributed by atoms with Gasteiger partial charge in [0.25, 0.3) is 5.91 Å². The molecule has 0 N–H and O–H groups in total. The van der Waals surface area contributed by atoms with E-state index < -0.39 is 0 Å². The number of nitrogens with zero attached hydrogens (tertiary/aromatic N) is 5. The molecule has 1 unspecified atom stereocenters. The maximum atomic E-state index is 12.9. The average molecular weight is 325 g/mol. The van der Waals surface area contributed by atoms with Gasteiger partial charge in [-0.2, -0.15) is 0 Å². The van der Waals surface area contributed by atoms with Crippen molar-refractivity contribution in [2.24, 2.45) is 0 Å². The fraction of sp³-hybridized carbons (Fsp3) is 0.444. The molecule has 2 aromatic rings. The Bertz CT molecular complexity index is 731. The fourth-order valence-corrected chi connectivity index (χ4v) is 3.17. The lowest BCUT2D eigenvalue weighted by molar-refractivity contribution is 0.0731. The molecular weight excluding hydrogens is 302 g/mol. The van der Waals surface area contributed by atoms with Crippen LogP contribution < -0.4 is 0 Å². The molecule has 0 saturated carbocycles. The summed E-state index contributed by atoms with van der Waals surface area (Å²) in [5.41, 5.74) is 3.23. The molecule has 0 aliphatic carbocycles. The second kappa shape index (κ2) is 7.05. The number of pyridine rings is 1. The second-order valence-electron chi connectivity index (χ2n) is 6.47. The smallest absolute Gasteiger partial charge is 0.256 e. The zero-order valence-corrected chi connectivity index (χ0v) is 14.4. The maximum absolute atomic E-state index is 12.9. The van der Waals surface area contributed by atoms with E-state index in [0.717, 1.165) is 43.0 Å². The molecule has 126 valence electrons. The van der Waals surface area contributed by atoms with Crippen molar-refractivity contribution in [3.05, 3.63) is 53.4 Å². The van der Waals surface area contributed by atoms with Gasteiger partial charge in [-0.15, -0.1) is 0 Å². The van der Waals surface area contributed by atoms with Gasteiger partial charge in [0, 0.05) is 31.2 Å². The highest BCUT2D eigenvalue weighted by atomic mass is 16.2. The molecule has 24 heavy (non-hydrogen) atoms. The van der Waals surface area contributed by atoms with E-state index >= 15 is 0 Å². The minimum atomic E-state index is -0.00767. The summed E-state index contributed by atoms with van der Waals surface area (Å²) >= 11 is 0. The Labute approximate surface area is 142 Å². The van der Waals surface area contributed by atoms with Gasteiger partial charge in [0.1, 0.15) is 0 Å². The first kappa shape index (κ1) is 16.5. The molecule has 1 fully saturated rings.